The Kier molecular flexibility index (Phi) is 83.3. The van der Waals surface area contributed by atoms with Gasteiger partial charge in [-0.2, -0.15) is 0 Å². The molecule has 10 nitrogen and oxygen atoms in total. The fourth-order valence-corrected chi connectivity index (χ4v) is 0. The minimum Gasteiger partial charge on any atom is -0.481 e. The zero-order chi connectivity index (χ0) is 17.7. The van der Waals surface area contributed by atoms with Gasteiger partial charge >= 0.3 is 0 Å². The Morgan fingerprint density at radius 3 is 0.682 bits per heavy atom. The summed E-state index contributed by atoms with van der Waals surface area (Å²) in [5.74, 6) is -3.33. The molecule has 128 valence electrons. The van der Waals surface area contributed by atoms with Crippen molar-refractivity contribution in [3.63, 3.8) is 0 Å². The van der Waals surface area contributed by atoms with Crippen molar-refractivity contribution in [2.75, 3.05) is 13.1 Å². The van der Waals surface area contributed by atoms with Gasteiger partial charge in [0.15, 0.2) is 0 Å². The topological polar surface area (TPSA) is 201 Å². The number of nitrogens with two attached hydrogens (primary N) is 2. The molecule has 0 saturated heterocycles. The second kappa shape index (κ2) is 42.7. The van der Waals surface area contributed by atoms with Gasteiger partial charge in [-0.25, -0.2) is 0 Å². The van der Waals surface area contributed by atoms with Crippen molar-refractivity contribution in [2.45, 2.75) is 27.7 Å². The van der Waals surface area contributed by atoms with Crippen LogP contribution in [0, 0.1) is 0 Å². The van der Waals surface area contributed by atoms with Crippen molar-refractivity contribution in [2.24, 2.45) is 11.5 Å². The molecular formula is C10H24N2O8TiZn. The van der Waals surface area contributed by atoms with Crippen LogP contribution in [0.15, 0.2) is 0 Å². The predicted octanol–water partition coefficient (Wildman–Crippen LogP) is -0.738. The van der Waals surface area contributed by atoms with Gasteiger partial charge in [-0.1, -0.05) is 0 Å². The van der Waals surface area contributed by atoms with Crippen LogP contribution in [0.25, 0.3) is 0 Å². The largest absolute Gasteiger partial charge is 0.481 e. The normalized spacial score (nSPS) is 5.91. The van der Waals surface area contributed by atoms with Crippen LogP contribution in [-0.2, 0) is 60.4 Å². The van der Waals surface area contributed by atoms with Gasteiger partial charge in [-0.15, -0.1) is 0 Å². The molecule has 8 N–H and O–H groups in total. The Hall–Kier alpha value is -0.862. The zero-order valence-electron chi connectivity index (χ0n) is 13.2. The van der Waals surface area contributed by atoms with Crippen molar-refractivity contribution in [1.29, 1.82) is 0 Å². The molecule has 0 heterocycles. The zero-order valence-corrected chi connectivity index (χ0v) is 17.7. The molecule has 12 heteroatoms. The number of rotatable bonds is 1. The Labute approximate surface area is 156 Å². The van der Waals surface area contributed by atoms with Crippen molar-refractivity contribution in [1.82, 2.24) is 0 Å². The van der Waals surface area contributed by atoms with Gasteiger partial charge in [0.05, 0.1) is 0 Å². The molecule has 0 rings (SSSR count). The van der Waals surface area contributed by atoms with Crippen LogP contribution in [0.5, 0.6) is 0 Å². The van der Waals surface area contributed by atoms with E-state index in [0.29, 0.717) is 13.1 Å². The first-order chi connectivity index (χ1) is 8.84. The fraction of sp³-hybridized carbons (Fsp3) is 0.600. The average molecular weight is 414 g/mol. The molecule has 0 fully saturated rings. The third kappa shape index (κ3) is 332000. The van der Waals surface area contributed by atoms with Crippen LogP contribution in [0.4, 0.5) is 0 Å². The Balaban J connectivity index is -0.0000000250. The third-order valence-corrected chi connectivity index (χ3v) is 0.167. The van der Waals surface area contributed by atoms with E-state index in [1.807, 2.05) is 0 Å². The number of hydrogen-bond donors (Lipinski definition) is 6. The van der Waals surface area contributed by atoms with E-state index in [1.165, 1.54) is 0 Å². The van der Waals surface area contributed by atoms with E-state index in [1.54, 1.807) is 0 Å². The van der Waals surface area contributed by atoms with E-state index in [4.69, 9.17) is 51.1 Å². The summed E-state index contributed by atoms with van der Waals surface area (Å²) in [6.07, 6.45) is 0. The quantitative estimate of drug-likeness (QED) is 0.297. The smallest absolute Gasteiger partial charge is 0.300 e. The molecule has 0 aliphatic heterocycles. The van der Waals surface area contributed by atoms with Crippen molar-refractivity contribution in [3.8, 4) is 0 Å². The standard InChI is InChI=1S/C2H8N2.4C2H4O2.Ti.Zn/c3-1-2-4;4*1-2(3)4;;/h1-4H2;4*1H3,(H,3,4);;. The minimum absolute atomic E-state index is 0. The first kappa shape index (κ1) is 42.9. The molecule has 0 bridgehead atoms. The van der Waals surface area contributed by atoms with E-state index < -0.39 is 23.9 Å². The molecule has 0 spiro atoms. The van der Waals surface area contributed by atoms with Gasteiger partial charge < -0.3 is 31.9 Å². The van der Waals surface area contributed by atoms with Gasteiger partial charge in [0.2, 0.25) is 0 Å². The van der Waals surface area contributed by atoms with E-state index in [-0.39, 0.29) is 41.2 Å². The third-order valence-electron chi connectivity index (χ3n) is 0.167. The monoisotopic (exact) mass is 412 g/mol. The van der Waals surface area contributed by atoms with Gasteiger partial charge in [0.25, 0.3) is 23.9 Å². The molecule has 0 aliphatic carbocycles. The maximum atomic E-state index is 9.00. The summed E-state index contributed by atoms with van der Waals surface area (Å²) in [5.41, 5.74) is 9.81. The van der Waals surface area contributed by atoms with Crippen molar-refractivity contribution in [3.05, 3.63) is 0 Å². The van der Waals surface area contributed by atoms with Gasteiger partial charge in [-0.3, -0.25) is 19.2 Å². The van der Waals surface area contributed by atoms with Crippen molar-refractivity contribution < 1.29 is 80.8 Å². The van der Waals surface area contributed by atoms with Gasteiger partial charge in [-0.05, 0) is 0 Å². The van der Waals surface area contributed by atoms with E-state index in [9.17, 15) is 0 Å². The summed E-state index contributed by atoms with van der Waals surface area (Å²) in [6.45, 7) is 5.53. The second-order valence-corrected chi connectivity index (χ2v) is 2.65. The van der Waals surface area contributed by atoms with E-state index >= 15 is 0 Å². The molecule has 0 unspecified atom stereocenters. The second-order valence-electron chi connectivity index (χ2n) is 2.65. The van der Waals surface area contributed by atoms with E-state index in [0.717, 1.165) is 27.7 Å². The Bertz CT molecular complexity index is 201. The van der Waals surface area contributed by atoms with Crippen LogP contribution < -0.4 is 11.5 Å². The summed E-state index contributed by atoms with van der Waals surface area (Å²) < 4.78 is 0. The fourth-order valence-electron chi connectivity index (χ4n) is 0. The van der Waals surface area contributed by atoms with Gasteiger partial charge in [0, 0.05) is 82.0 Å². The molecule has 0 amide bonds. The van der Waals surface area contributed by atoms with Gasteiger partial charge in [0.1, 0.15) is 0 Å². The summed E-state index contributed by atoms with van der Waals surface area (Å²) in [5, 5.41) is 29.7. The molecule has 0 aliphatic rings. The maximum absolute atomic E-state index is 9.00. The molecule has 0 aromatic rings. The molecule has 0 saturated carbocycles. The molecule has 0 aromatic carbocycles. The Morgan fingerprint density at radius 2 is 0.682 bits per heavy atom. The maximum Gasteiger partial charge on any atom is 0.300 e. The Morgan fingerprint density at radius 1 is 0.636 bits per heavy atom. The summed E-state index contributed by atoms with van der Waals surface area (Å²) in [6, 6.07) is 0. The SMILES string of the molecule is CC(=O)O.CC(=O)O.CC(=O)O.CC(=O)O.NCCN.[Ti].[Zn]. The minimum atomic E-state index is -0.833. The number of carbonyl (C=O) groups is 4. The van der Waals surface area contributed by atoms with Crippen LogP contribution in [0.1, 0.15) is 27.7 Å². The van der Waals surface area contributed by atoms with Crippen LogP contribution in [-0.4, -0.2) is 57.4 Å². The van der Waals surface area contributed by atoms with Crippen LogP contribution in [0.2, 0.25) is 0 Å². The molecule has 0 atom stereocenters. The number of hydrogen-bond acceptors (Lipinski definition) is 6. The van der Waals surface area contributed by atoms with E-state index in [2.05, 4.69) is 0 Å². The molecule has 0 radical (unpaired) electrons. The molecule has 0 aromatic heterocycles. The first-order valence-corrected chi connectivity index (χ1v) is 5.03. The number of carboxylic acid groups (broad SMARTS) is 4. The first-order valence-electron chi connectivity index (χ1n) is 5.03. The van der Waals surface area contributed by atoms with Crippen molar-refractivity contribution >= 4 is 23.9 Å². The van der Waals surface area contributed by atoms with Crippen LogP contribution >= 0.6 is 0 Å². The number of aliphatic carboxylic acids is 4. The summed E-state index contributed by atoms with van der Waals surface area (Å²) in [7, 11) is 0. The van der Waals surface area contributed by atoms with Crippen LogP contribution in [0.3, 0.4) is 0 Å². The summed E-state index contributed by atoms with van der Waals surface area (Å²) >= 11 is 0. The number of carboxylic acids is 4. The predicted molar refractivity (Wildman–Crippen MR) is 71.3 cm³/mol. The summed E-state index contributed by atoms with van der Waals surface area (Å²) in [4.78, 5) is 36.0. The average Bonchev–Trinajstić information content (AvgIpc) is 2.13. The molecule has 22 heavy (non-hydrogen) atoms. The molecular weight excluding hydrogens is 389 g/mol.